The van der Waals surface area contributed by atoms with Gasteiger partial charge in [0.1, 0.15) is 12.1 Å². The Hall–Kier alpha value is -2.96. The van der Waals surface area contributed by atoms with E-state index in [0.29, 0.717) is 0 Å². The molecule has 0 aliphatic carbocycles. The third-order valence-electron chi connectivity index (χ3n) is 3.23. The molecule has 0 bridgehead atoms. The molecule has 2 N–H and O–H groups in total. The average molecular weight is 265 g/mol. The van der Waals surface area contributed by atoms with Crippen molar-refractivity contribution in [1.29, 1.82) is 0 Å². The second-order valence-electron chi connectivity index (χ2n) is 4.52. The lowest BCUT2D eigenvalue weighted by Crippen LogP contribution is -1.97. The smallest absolute Gasteiger partial charge is 0.163 e. The summed E-state index contributed by atoms with van der Waals surface area (Å²) in [6.07, 6.45) is 5.08. The minimum absolute atomic E-state index is 0.742. The molecule has 4 aromatic rings. The van der Waals surface area contributed by atoms with Gasteiger partial charge in [0.15, 0.2) is 5.65 Å². The van der Waals surface area contributed by atoms with E-state index in [4.69, 9.17) is 0 Å². The fourth-order valence-electron chi connectivity index (χ4n) is 2.22. The summed E-state index contributed by atoms with van der Waals surface area (Å²) in [4.78, 5) is 8.50. The number of anilines is 2. The van der Waals surface area contributed by atoms with Gasteiger partial charge in [-0.25, -0.2) is 9.97 Å². The van der Waals surface area contributed by atoms with Gasteiger partial charge >= 0.3 is 0 Å². The van der Waals surface area contributed by atoms with E-state index >= 15 is 0 Å². The molecule has 0 atom stereocenters. The summed E-state index contributed by atoms with van der Waals surface area (Å²) in [5.41, 5.74) is 2.75. The molecule has 0 aliphatic rings. The molecule has 98 valence electrons. The first-order chi connectivity index (χ1) is 9.81. The minimum Gasteiger partial charge on any atom is -0.339 e. The minimum atomic E-state index is 0.742. The van der Waals surface area contributed by atoms with Gasteiger partial charge in [-0.3, -0.25) is 9.78 Å². The molecule has 1 aromatic carbocycles. The molecule has 3 heterocycles. The maximum absolute atomic E-state index is 4.28. The quantitative estimate of drug-likeness (QED) is 0.579. The number of rotatable bonds is 2. The summed E-state index contributed by atoms with van der Waals surface area (Å²) in [7, 11) is 1.86. The Bertz CT molecular complexity index is 905. The van der Waals surface area contributed by atoms with Crippen LogP contribution in [0.5, 0.6) is 0 Å². The number of aromatic nitrogens is 6. The van der Waals surface area contributed by atoms with Crippen molar-refractivity contribution < 1.29 is 0 Å². The van der Waals surface area contributed by atoms with Crippen LogP contribution in [0.25, 0.3) is 21.9 Å². The van der Waals surface area contributed by atoms with Crippen molar-refractivity contribution in [2.75, 3.05) is 5.32 Å². The van der Waals surface area contributed by atoms with Gasteiger partial charge in [-0.2, -0.15) is 10.2 Å². The third kappa shape index (κ3) is 1.60. The highest BCUT2D eigenvalue weighted by molar-refractivity contribution is 5.89. The molecule has 7 nitrogen and oxygen atoms in total. The van der Waals surface area contributed by atoms with Crippen molar-refractivity contribution in [3.63, 3.8) is 0 Å². The molecule has 0 amide bonds. The molecule has 3 aromatic heterocycles. The topological polar surface area (TPSA) is 84.3 Å². The number of benzene rings is 1. The zero-order valence-electron chi connectivity index (χ0n) is 10.7. The lowest BCUT2D eigenvalue weighted by molar-refractivity contribution is 0.785. The van der Waals surface area contributed by atoms with Gasteiger partial charge in [-0.1, -0.05) is 0 Å². The van der Waals surface area contributed by atoms with Gasteiger partial charge in [0.25, 0.3) is 0 Å². The summed E-state index contributed by atoms with van der Waals surface area (Å²) in [6.45, 7) is 0. The number of nitrogens with one attached hydrogen (secondary N) is 2. The van der Waals surface area contributed by atoms with Crippen molar-refractivity contribution in [2.24, 2.45) is 7.05 Å². The summed E-state index contributed by atoms with van der Waals surface area (Å²) in [5.74, 6) is 0.742. The van der Waals surface area contributed by atoms with Gasteiger partial charge in [0, 0.05) is 18.1 Å². The number of aromatic amines is 1. The molecule has 0 aliphatic heterocycles. The molecular formula is C13H11N7. The van der Waals surface area contributed by atoms with E-state index in [1.54, 1.807) is 17.1 Å². The van der Waals surface area contributed by atoms with Crippen LogP contribution in [-0.4, -0.2) is 29.9 Å². The standard InChI is InChI=1S/C13H11N7/c1-20-13-10(6-17-20)12(14-7-15-13)18-9-2-3-11-8(4-9)5-16-19-11/h2-7H,1H3,(H,16,19)(H,14,15,18). The normalized spacial score (nSPS) is 11.2. The summed E-state index contributed by atoms with van der Waals surface area (Å²) in [6, 6.07) is 5.97. The van der Waals surface area contributed by atoms with Gasteiger partial charge in [0.05, 0.1) is 23.3 Å². The Balaban J connectivity index is 1.79. The Morgan fingerprint density at radius 2 is 2.15 bits per heavy atom. The molecule has 20 heavy (non-hydrogen) atoms. The zero-order valence-corrected chi connectivity index (χ0v) is 10.7. The molecule has 0 unspecified atom stereocenters. The highest BCUT2D eigenvalue weighted by Crippen LogP contribution is 2.24. The van der Waals surface area contributed by atoms with Gasteiger partial charge in [0.2, 0.25) is 0 Å². The Labute approximate surface area is 113 Å². The largest absolute Gasteiger partial charge is 0.339 e. The molecular weight excluding hydrogens is 254 g/mol. The van der Waals surface area contributed by atoms with Crippen molar-refractivity contribution in [2.45, 2.75) is 0 Å². The van der Waals surface area contributed by atoms with E-state index < -0.39 is 0 Å². The second kappa shape index (κ2) is 4.02. The van der Waals surface area contributed by atoms with Crippen LogP contribution in [0.3, 0.4) is 0 Å². The Morgan fingerprint density at radius 1 is 1.20 bits per heavy atom. The SMILES string of the molecule is Cn1ncc2c(Nc3ccc4[nH]ncc4c3)ncnc21. The fourth-order valence-corrected chi connectivity index (χ4v) is 2.22. The van der Waals surface area contributed by atoms with E-state index in [2.05, 4.69) is 30.6 Å². The first-order valence-electron chi connectivity index (χ1n) is 6.14. The van der Waals surface area contributed by atoms with Crippen LogP contribution >= 0.6 is 0 Å². The lowest BCUT2D eigenvalue weighted by Gasteiger charge is -2.06. The second-order valence-corrected chi connectivity index (χ2v) is 4.52. The van der Waals surface area contributed by atoms with Gasteiger partial charge < -0.3 is 5.32 Å². The summed E-state index contributed by atoms with van der Waals surface area (Å²) >= 11 is 0. The van der Waals surface area contributed by atoms with E-state index in [9.17, 15) is 0 Å². The molecule has 4 rings (SSSR count). The first kappa shape index (κ1) is 10.9. The maximum Gasteiger partial charge on any atom is 0.163 e. The predicted octanol–water partition coefficient (Wildman–Crippen LogP) is 1.98. The van der Waals surface area contributed by atoms with Crippen molar-refractivity contribution in [3.05, 3.63) is 36.9 Å². The zero-order chi connectivity index (χ0) is 13.5. The molecule has 0 saturated carbocycles. The van der Waals surface area contributed by atoms with Crippen LogP contribution in [0.4, 0.5) is 11.5 Å². The van der Waals surface area contributed by atoms with Crippen molar-refractivity contribution >= 4 is 33.4 Å². The summed E-state index contributed by atoms with van der Waals surface area (Å²) in [5, 5.41) is 16.4. The molecule has 0 fully saturated rings. The fraction of sp³-hybridized carbons (Fsp3) is 0.0769. The molecule has 0 radical (unpaired) electrons. The highest BCUT2D eigenvalue weighted by Gasteiger charge is 2.08. The third-order valence-corrected chi connectivity index (χ3v) is 3.23. The van der Waals surface area contributed by atoms with E-state index in [0.717, 1.165) is 33.4 Å². The number of aryl methyl sites for hydroxylation is 1. The predicted molar refractivity (Wildman–Crippen MR) is 75.7 cm³/mol. The maximum atomic E-state index is 4.28. The molecule has 0 saturated heterocycles. The van der Waals surface area contributed by atoms with E-state index in [1.807, 2.05) is 25.2 Å². The van der Waals surface area contributed by atoms with Crippen LogP contribution in [0.1, 0.15) is 0 Å². The van der Waals surface area contributed by atoms with Crippen molar-refractivity contribution in [1.82, 2.24) is 29.9 Å². The van der Waals surface area contributed by atoms with Gasteiger partial charge in [-0.15, -0.1) is 0 Å². The van der Waals surface area contributed by atoms with Crippen LogP contribution in [-0.2, 0) is 7.05 Å². The van der Waals surface area contributed by atoms with Gasteiger partial charge in [-0.05, 0) is 18.2 Å². The van der Waals surface area contributed by atoms with Crippen LogP contribution in [0, 0.1) is 0 Å². The average Bonchev–Trinajstić information content (AvgIpc) is 3.06. The highest BCUT2D eigenvalue weighted by atomic mass is 15.3. The van der Waals surface area contributed by atoms with Crippen LogP contribution in [0.2, 0.25) is 0 Å². The number of nitrogens with zero attached hydrogens (tertiary/aromatic N) is 5. The molecule has 0 spiro atoms. The first-order valence-corrected chi connectivity index (χ1v) is 6.14. The lowest BCUT2D eigenvalue weighted by atomic mass is 10.2. The van der Waals surface area contributed by atoms with E-state index in [1.165, 1.54) is 6.33 Å². The summed E-state index contributed by atoms with van der Waals surface area (Å²) < 4.78 is 1.72. The number of fused-ring (bicyclic) bond motifs is 2. The van der Waals surface area contributed by atoms with E-state index in [-0.39, 0.29) is 0 Å². The Kier molecular flexibility index (Phi) is 2.19. The van der Waals surface area contributed by atoms with Crippen LogP contribution in [0.15, 0.2) is 36.9 Å². The van der Waals surface area contributed by atoms with Crippen molar-refractivity contribution in [3.8, 4) is 0 Å². The number of hydrogen-bond donors (Lipinski definition) is 2. The number of hydrogen-bond acceptors (Lipinski definition) is 5. The monoisotopic (exact) mass is 265 g/mol. The Morgan fingerprint density at radius 3 is 3.10 bits per heavy atom. The van der Waals surface area contributed by atoms with Crippen LogP contribution < -0.4 is 5.32 Å². The number of H-pyrrole nitrogens is 1. The molecule has 7 heteroatoms.